The topological polar surface area (TPSA) is 214 Å². The van der Waals surface area contributed by atoms with Crippen molar-refractivity contribution in [2.45, 2.75) is 63.2 Å². The molecule has 12 heteroatoms. The summed E-state index contributed by atoms with van der Waals surface area (Å²) in [6.45, 7) is 1.90. The summed E-state index contributed by atoms with van der Waals surface area (Å²) in [6.07, 6.45) is 0.952. The third-order valence-corrected chi connectivity index (χ3v) is 4.97. The number of carbonyl (C=O) groups excluding carboxylic acids is 3. The van der Waals surface area contributed by atoms with Gasteiger partial charge in [-0.3, -0.25) is 19.2 Å². The molecule has 0 saturated heterocycles. The Balaban J connectivity index is 2.88. The highest BCUT2D eigenvalue weighted by Gasteiger charge is 2.30. The quantitative estimate of drug-likeness (QED) is 0.149. The van der Waals surface area contributed by atoms with Crippen molar-refractivity contribution >= 4 is 29.7 Å². The van der Waals surface area contributed by atoms with Gasteiger partial charge >= 0.3 is 11.9 Å². The minimum absolute atomic E-state index is 0.0110. The second kappa shape index (κ2) is 14.6. The number of nitrogens with one attached hydrogen (secondary N) is 3. The Kier molecular flexibility index (Phi) is 12.2. The highest BCUT2D eigenvalue weighted by atomic mass is 16.4. The van der Waals surface area contributed by atoms with Crippen LogP contribution in [0, 0.1) is 0 Å². The van der Waals surface area contributed by atoms with Crippen molar-refractivity contribution in [3.05, 3.63) is 35.9 Å². The minimum atomic E-state index is -1.68. The van der Waals surface area contributed by atoms with Crippen LogP contribution >= 0.6 is 0 Å². The van der Waals surface area contributed by atoms with Gasteiger partial charge in [-0.1, -0.05) is 36.8 Å². The van der Waals surface area contributed by atoms with Crippen LogP contribution in [0.4, 0.5) is 0 Å². The van der Waals surface area contributed by atoms with Crippen molar-refractivity contribution in [1.29, 1.82) is 0 Å². The summed E-state index contributed by atoms with van der Waals surface area (Å²) < 4.78 is 0. The van der Waals surface area contributed by atoms with Gasteiger partial charge in [-0.15, -0.1) is 0 Å². The molecule has 0 heterocycles. The molecule has 4 unspecified atom stereocenters. The lowest BCUT2D eigenvalue weighted by atomic mass is 10.0. The average Bonchev–Trinajstić information content (AvgIpc) is 2.78. The number of nitrogens with two attached hydrogens (primary N) is 2. The Morgan fingerprint density at radius 2 is 1.50 bits per heavy atom. The lowest BCUT2D eigenvalue weighted by molar-refractivity contribution is -0.147. The molecule has 1 aromatic rings. The molecule has 12 nitrogen and oxygen atoms in total. The third kappa shape index (κ3) is 10.4. The highest BCUT2D eigenvalue weighted by Crippen LogP contribution is 2.06. The fourth-order valence-corrected chi connectivity index (χ4v) is 3.03. The molecular weight excluding hydrogens is 446 g/mol. The average molecular weight is 480 g/mol. The number of hydrogen-bond donors (Lipinski definition) is 7. The lowest BCUT2D eigenvalue weighted by Crippen LogP contribution is -2.57. The third-order valence-electron chi connectivity index (χ3n) is 4.97. The van der Waals surface area contributed by atoms with Crippen LogP contribution in [0.3, 0.4) is 0 Å². The molecule has 4 atom stereocenters. The van der Waals surface area contributed by atoms with Crippen molar-refractivity contribution in [2.24, 2.45) is 11.5 Å². The van der Waals surface area contributed by atoms with Crippen LogP contribution in [-0.2, 0) is 30.4 Å². The van der Waals surface area contributed by atoms with E-state index in [0.29, 0.717) is 31.4 Å². The maximum absolute atomic E-state index is 12.8. The van der Waals surface area contributed by atoms with E-state index in [1.54, 1.807) is 30.3 Å². The number of carboxylic acids is 2. The number of aliphatic carboxylic acids is 2. The molecule has 34 heavy (non-hydrogen) atoms. The van der Waals surface area contributed by atoms with Gasteiger partial charge in [0.2, 0.25) is 17.7 Å². The van der Waals surface area contributed by atoms with Gasteiger partial charge in [-0.25, -0.2) is 4.79 Å². The Hall–Kier alpha value is -3.51. The highest BCUT2D eigenvalue weighted by molar-refractivity contribution is 5.94. The van der Waals surface area contributed by atoms with E-state index >= 15 is 0 Å². The van der Waals surface area contributed by atoms with Gasteiger partial charge < -0.3 is 37.6 Å². The molecule has 0 spiro atoms. The first-order chi connectivity index (χ1) is 16.0. The molecule has 1 aromatic carbocycles. The van der Waals surface area contributed by atoms with E-state index in [9.17, 15) is 29.1 Å². The summed E-state index contributed by atoms with van der Waals surface area (Å²) in [6, 6.07) is 3.89. The van der Waals surface area contributed by atoms with Crippen molar-refractivity contribution in [2.75, 3.05) is 6.54 Å². The minimum Gasteiger partial charge on any atom is -0.481 e. The van der Waals surface area contributed by atoms with Crippen molar-refractivity contribution in [1.82, 2.24) is 16.0 Å². The molecule has 0 aromatic heterocycles. The largest absolute Gasteiger partial charge is 0.481 e. The predicted molar refractivity (Wildman–Crippen MR) is 122 cm³/mol. The normalized spacial score (nSPS) is 14.2. The van der Waals surface area contributed by atoms with Crippen LogP contribution in [-0.4, -0.2) is 70.6 Å². The van der Waals surface area contributed by atoms with Crippen molar-refractivity contribution < 1.29 is 34.2 Å². The second-order valence-electron chi connectivity index (χ2n) is 7.87. The van der Waals surface area contributed by atoms with Gasteiger partial charge in [-0.05, 0) is 31.9 Å². The fourth-order valence-electron chi connectivity index (χ4n) is 3.03. The summed E-state index contributed by atoms with van der Waals surface area (Å²) in [7, 11) is 0. The summed E-state index contributed by atoms with van der Waals surface area (Å²) >= 11 is 0. The molecule has 0 bridgehead atoms. The molecule has 0 aliphatic carbocycles. The van der Waals surface area contributed by atoms with Gasteiger partial charge in [0.1, 0.15) is 18.1 Å². The Bertz CT molecular complexity index is 849. The summed E-state index contributed by atoms with van der Waals surface area (Å²) in [4.78, 5) is 60.0. The molecule has 0 fully saturated rings. The van der Waals surface area contributed by atoms with Crippen LogP contribution in [0.25, 0.3) is 0 Å². The van der Waals surface area contributed by atoms with Gasteiger partial charge in [0, 0.05) is 6.42 Å². The van der Waals surface area contributed by atoms with Crippen LogP contribution in [0.1, 0.15) is 38.2 Å². The van der Waals surface area contributed by atoms with Crippen LogP contribution in [0.2, 0.25) is 0 Å². The van der Waals surface area contributed by atoms with Crippen LogP contribution in [0.5, 0.6) is 0 Å². The van der Waals surface area contributed by atoms with Gasteiger partial charge in [-0.2, -0.15) is 0 Å². The van der Waals surface area contributed by atoms with Gasteiger partial charge in [0.05, 0.1) is 12.5 Å². The summed E-state index contributed by atoms with van der Waals surface area (Å²) in [5.41, 5.74) is 11.9. The van der Waals surface area contributed by atoms with Crippen molar-refractivity contribution in [3.8, 4) is 0 Å². The van der Waals surface area contributed by atoms with Gasteiger partial charge in [0.25, 0.3) is 0 Å². The van der Waals surface area contributed by atoms with Crippen LogP contribution in [0.15, 0.2) is 30.3 Å². The molecule has 1 rings (SSSR count). The first-order valence-corrected chi connectivity index (χ1v) is 10.9. The van der Waals surface area contributed by atoms with E-state index in [4.69, 9.17) is 16.6 Å². The zero-order chi connectivity index (χ0) is 25.7. The second-order valence-corrected chi connectivity index (χ2v) is 7.87. The van der Waals surface area contributed by atoms with E-state index in [-0.39, 0.29) is 6.42 Å². The molecule has 0 saturated carbocycles. The molecule has 0 radical (unpaired) electrons. The number of amides is 3. The number of unbranched alkanes of at least 4 members (excludes halogenated alkanes) is 1. The molecule has 9 N–H and O–H groups in total. The maximum atomic E-state index is 12.8. The SMILES string of the molecule is CC(NC(=O)C(N)CCCCN)C(=O)NC(Cc1ccccc1)C(=O)NC(CC(=O)O)C(=O)O. The van der Waals surface area contributed by atoms with E-state index in [1.807, 2.05) is 0 Å². The Morgan fingerprint density at radius 1 is 0.882 bits per heavy atom. The first kappa shape index (κ1) is 28.5. The number of carboxylic acid groups (broad SMARTS) is 2. The maximum Gasteiger partial charge on any atom is 0.326 e. The molecule has 0 aliphatic heterocycles. The number of hydrogen-bond acceptors (Lipinski definition) is 7. The Morgan fingerprint density at radius 3 is 2.06 bits per heavy atom. The number of carbonyl (C=O) groups is 5. The van der Waals surface area contributed by atoms with Crippen molar-refractivity contribution in [3.63, 3.8) is 0 Å². The van der Waals surface area contributed by atoms with E-state index in [2.05, 4.69) is 16.0 Å². The van der Waals surface area contributed by atoms with Crippen LogP contribution < -0.4 is 27.4 Å². The smallest absolute Gasteiger partial charge is 0.326 e. The summed E-state index contributed by atoms with van der Waals surface area (Å²) in [5.74, 6) is -5.03. The molecule has 0 aliphatic rings. The summed E-state index contributed by atoms with van der Waals surface area (Å²) in [5, 5.41) is 25.2. The Labute approximate surface area is 197 Å². The number of rotatable bonds is 15. The lowest BCUT2D eigenvalue weighted by Gasteiger charge is -2.23. The molecular formula is C22H33N5O7. The first-order valence-electron chi connectivity index (χ1n) is 10.9. The zero-order valence-corrected chi connectivity index (χ0v) is 19.0. The van der Waals surface area contributed by atoms with E-state index in [0.717, 1.165) is 0 Å². The zero-order valence-electron chi connectivity index (χ0n) is 19.0. The molecule has 3 amide bonds. The van der Waals surface area contributed by atoms with E-state index < -0.39 is 60.2 Å². The van der Waals surface area contributed by atoms with E-state index in [1.165, 1.54) is 6.92 Å². The number of benzene rings is 1. The predicted octanol–water partition coefficient (Wildman–Crippen LogP) is -1.28. The monoisotopic (exact) mass is 479 g/mol. The fraction of sp³-hybridized carbons (Fsp3) is 0.500. The van der Waals surface area contributed by atoms with Gasteiger partial charge in [0.15, 0.2) is 0 Å². The molecule has 188 valence electrons. The standard InChI is InChI=1S/C22H33N5O7/c1-13(25-20(31)15(24)9-5-6-10-23)19(30)26-16(11-14-7-3-2-4-8-14)21(32)27-17(22(33)34)12-18(28)29/h2-4,7-8,13,15-17H,5-6,9-12,23-24H2,1H3,(H,25,31)(H,26,30)(H,27,32)(H,28,29)(H,33,34).